The lowest BCUT2D eigenvalue weighted by atomic mass is 10.0. The Morgan fingerprint density at radius 3 is 3.12 bits per heavy atom. The average molecular weight is 252 g/mol. The summed E-state index contributed by atoms with van der Waals surface area (Å²) < 4.78 is 0. The highest BCUT2D eigenvalue weighted by atomic mass is 32.1. The lowest BCUT2D eigenvalue weighted by molar-refractivity contribution is 0.248. The molecule has 1 N–H and O–H groups in total. The number of hydrogen-bond acceptors (Lipinski definition) is 3. The molecule has 96 valence electrons. The van der Waals surface area contributed by atoms with E-state index in [0.29, 0.717) is 6.04 Å². The van der Waals surface area contributed by atoms with Crippen LogP contribution in [0.5, 0.6) is 0 Å². The van der Waals surface area contributed by atoms with Crippen molar-refractivity contribution in [1.82, 2.24) is 10.2 Å². The quantitative estimate of drug-likeness (QED) is 0.886. The Labute approximate surface area is 109 Å². The molecular weight excluding hydrogens is 228 g/mol. The van der Waals surface area contributed by atoms with Crippen LogP contribution in [0.25, 0.3) is 0 Å². The van der Waals surface area contributed by atoms with Crippen LogP contribution in [-0.2, 0) is 6.54 Å². The minimum absolute atomic E-state index is 0.677. The first-order valence-corrected chi connectivity index (χ1v) is 7.65. The van der Waals surface area contributed by atoms with E-state index in [9.17, 15) is 0 Å². The van der Waals surface area contributed by atoms with E-state index in [-0.39, 0.29) is 0 Å². The van der Waals surface area contributed by atoms with Gasteiger partial charge in [-0.3, -0.25) is 4.90 Å². The minimum atomic E-state index is 0.677. The molecule has 1 atom stereocenters. The summed E-state index contributed by atoms with van der Waals surface area (Å²) in [7, 11) is 0. The number of hydrogen-bond donors (Lipinski definition) is 1. The third-order valence-electron chi connectivity index (χ3n) is 3.30. The highest BCUT2D eigenvalue weighted by Gasteiger charge is 2.18. The fourth-order valence-corrected chi connectivity index (χ4v) is 3.25. The van der Waals surface area contributed by atoms with Gasteiger partial charge < -0.3 is 5.32 Å². The van der Waals surface area contributed by atoms with Gasteiger partial charge >= 0.3 is 0 Å². The zero-order valence-corrected chi connectivity index (χ0v) is 11.8. The summed E-state index contributed by atoms with van der Waals surface area (Å²) in [6, 6.07) is 2.93. The number of thiophene rings is 1. The predicted octanol–water partition coefficient (Wildman–Crippen LogP) is 2.96. The van der Waals surface area contributed by atoms with Gasteiger partial charge in [0.05, 0.1) is 0 Å². The Bertz CT molecular complexity index is 308. The van der Waals surface area contributed by atoms with Gasteiger partial charge in [-0.05, 0) is 54.2 Å². The molecule has 1 fully saturated rings. The Balaban J connectivity index is 1.88. The molecule has 0 radical (unpaired) electrons. The summed E-state index contributed by atoms with van der Waals surface area (Å²) in [5, 5.41) is 8.13. The first-order chi connectivity index (χ1) is 8.24. The molecule has 0 spiro atoms. The molecule has 0 saturated carbocycles. The van der Waals surface area contributed by atoms with Gasteiger partial charge in [0.15, 0.2) is 0 Å². The van der Waals surface area contributed by atoms with Gasteiger partial charge in [-0.15, -0.1) is 0 Å². The second-order valence-electron chi connectivity index (χ2n) is 5.50. The van der Waals surface area contributed by atoms with E-state index in [0.717, 1.165) is 12.5 Å². The van der Waals surface area contributed by atoms with E-state index >= 15 is 0 Å². The molecule has 1 aromatic heterocycles. The zero-order valence-electron chi connectivity index (χ0n) is 11.0. The summed E-state index contributed by atoms with van der Waals surface area (Å²) in [4.78, 5) is 2.61. The first-order valence-electron chi connectivity index (χ1n) is 6.71. The molecule has 0 amide bonds. The van der Waals surface area contributed by atoms with Gasteiger partial charge in [-0.2, -0.15) is 11.3 Å². The first kappa shape index (κ1) is 13.1. The second-order valence-corrected chi connectivity index (χ2v) is 6.28. The number of nitrogens with zero attached hydrogens (tertiary/aromatic N) is 1. The van der Waals surface area contributed by atoms with E-state index in [4.69, 9.17) is 0 Å². The topological polar surface area (TPSA) is 15.3 Å². The van der Waals surface area contributed by atoms with E-state index in [1.165, 1.54) is 38.0 Å². The number of nitrogens with one attached hydrogen (secondary N) is 1. The summed E-state index contributed by atoms with van der Waals surface area (Å²) in [5.41, 5.74) is 1.47. The monoisotopic (exact) mass is 252 g/mol. The molecule has 2 nitrogen and oxygen atoms in total. The minimum Gasteiger partial charge on any atom is -0.313 e. The van der Waals surface area contributed by atoms with Gasteiger partial charge in [-0.25, -0.2) is 0 Å². The maximum absolute atomic E-state index is 3.68. The van der Waals surface area contributed by atoms with Crippen LogP contribution in [0, 0.1) is 5.92 Å². The van der Waals surface area contributed by atoms with Gasteiger partial charge in [-0.1, -0.05) is 13.8 Å². The molecule has 0 bridgehead atoms. The van der Waals surface area contributed by atoms with Crippen LogP contribution >= 0.6 is 11.3 Å². The molecule has 0 aromatic carbocycles. The van der Waals surface area contributed by atoms with E-state index in [2.05, 4.69) is 40.9 Å². The standard InChI is InChI=1S/C14H24N2S/c1-12(2)8-14-10-16(6-3-5-15-14)9-13-4-7-17-11-13/h4,7,11-12,14-15H,3,5-6,8-10H2,1-2H3. The number of rotatable bonds is 4. The van der Waals surface area contributed by atoms with Gasteiger partial charge in [0, 0.05) is 19.1 Å². The summed E-state index contributed by atoms with van der Waals surface area (Å²) in [5.74, 6) is 0.786. The largest absolute Gasteiger partial charge is 0.313 e. The van der Waals surface area contributed by atoms with Gasteiger partial charge in [0.1, 0.15) is 0 Å². The lowest BCUT2D eigenvalue weighted by Crippen LogP contribution is -2.38. The maximum atomic E-state index is 3.68. The molecular formula is C14H24N2S. The molecule has 1 saturated heterocycles. The molecule has 0 aliphatic carbocycles. The van der Waals surface area contributed by atoms with Crippen molar-refractivity contribution in [2.45, 2.75) is 39.3 Å². The molecule has 1 unspecified atom stereocenters. The van der Waals surface area contributed by atoms with Crippen LogP contribution < -0.4 is 5.32 Å². The third kappa shape index (κ3) is 4.41. The van der Waals surface area contributed by atoms with Crippen molar-refractivity contribution in [2.75, 3.05) is 19.6 Å². The molecule has 3 heteroatoms. The Kier molecular flexibility index (Phi) is 5.01. The Hall–Kier alpha value is -0.380. The second kappa shape index (κ2) is 6.53. The van der Waals surface area contributed by atoms with Gasteiger partial charge in [0.25, 0.3) is 0 Å². The van der Waals surface area contributed by atoms with Crippen molar-refractivity contribution >= 4 is 11.3 Å². The highest BCUT2D eigenvalue weighted by molar-refractivity contribution is 7.07. The van der Waals surface area contributed by atoms with Crippen LogP contribution in [0.4, 0.5) is 0 Å². The fraction of sp³-hybridized carbons (Fsp3) is 0.714. The lowest BCUT2D eigenvalue weighted by Gasteiger charge is -2.25. The zero-order chi connectivity index (χ0) is 12.1. The SMILES string of the molecule is CC(C)CC1CN(Cc2ccsc2)CCCN1. The summed E-state index contributed by atoms with van der Waals surface area (Å²) in [6.07, 6.45) is 2.57. The maximum Gasteiger partial charge on any atom is 0.0242 e. The van der Waals surface area contributed by atoms with E-state index in [1.54, 1.807) is 11.3 Å². The van der Waals surface area contributed by atoms with Crippen LogP contribution in [0.15, 0.2) is 16.8 Å². The Morgan fingerprint density at radius 2 is 2.41 bits per heavy atom. The van der Waals surface area contributed by atoms with Crippen molar-refractivity contribution < 1.29 is 0 Å². The van der Waals surface area contributed by atoms with Gasteiger partial charge in [0.2, 0.25) is 0 Å². The van der Waals surface area contributed by atoms with Crippen molar-refractivity contribution in [2.24, 2.45) is 5.92 Å². The molecule has 1 aliphatic heterocycles. The molecule has 1 aliphatic rings. The smallest absolute Gasteiger partial charge is 0.0242 e. The van der Waals surface area contributed by atoms with E-state index < -0.39 is 0 Å². The average Bonchev–Trinajstić information content (AvgIpc) is 2.66. The van der Waals surface area contributed by atoms with Crippen LogP contribution in [0.1, 0.15) is 32.3 Å². The van der Waals surface area contributed by atoms with Crippen LogP contribution in [0.3, 0.4) is 0 Å². The molecule has 17 heavy (non-hydrogen) atoms. The molecule has 1 aromatic rings. The van der Waals surface area contributed by atoms with E-state index in [1.807, 2.05) is 0 Å². The summed E-state index contributed by atoms with van der Waals surface area (Å²) >= 11 is 1.80. The van der Waals surface area contributed by atoms with Crippen LogP contribution in [-0.4, -0.2) is 30.6 Å². The third-order valence-corrected chi connectivity index (χ3v) is 4.04. The van der Waals surface area contributed by atoms with Crippen molar-refractivity contribution in [1.29, 1.82) is 0 Å². The summed E-state index contributed by atoms with van der Waals surface area (Å²) in [6.45, 7) is 9.37. The molecule has 2 rings (SSSR count). The highest BCUT2D eigenvalue weighted by Crippen LogP contribution is 2.14. The molecule has 2 heterocycles. The van der Waals surface area contributed by atoms with Crippen molar-refractivity contribution in [3.05, 3.63) is 22.4 Å². The fourth-order valence-electron chi connectivity index (χ4n) is 2.59. The van der Waals surface area contributed by atoms with Crippen molar-refractivity contribution in [3.8, 4) is 0 Å². The van der Waals surface area contributed by atoms with Crippen LogP contribution in [0.2, 0.25) is 0 Å². The Morgan fingerprint density at radius 1 is 1.53 bits per heavy atom. The van der Waals surface area contributed by atoms with Crippen molar-refractivity contribution in [3.63, 3.8) is 0 Å². The normalized spacial score (nSPS) is 22.9. The predicted molar refractivity (Wildman–Crippen MR) is 75.5 cm³/mol.